The summed E-state index contributed by atoms with van der Waals surface area (Å²) in [6.07, 6.45) is 1.60. The Morgan fingerprint density at radius 2 is 2.00 bits per heavy atom. The van der Waals surface area contributed by atoms with Crippen molar-refractivity contribution in [2.75, 3.05) is 5.32 Å². The Balaban J connectivity index is 2.09. The third-order valence-electron chi connectivity index (χ3n) is 1.86. The summed E-state index contributed by atoms with van der Waals surface area (Å²) in [5.74, 6) is -0.233. The number of rotatable bonds is 2. The number of nitrogens with one attached hydrogen (secondary N) is 2. The fourth-order valence-corrected chi connectivity index (χ4v) is 1.28. The first-order chi connectivity index (χ1) is 7.25. The van der Waals surface area contributed by atoms with Crippen molar-refractivity contribution >= 4 is 24.2 Å². The summed E-state index contributed by atoms with van der Waals surface area (Å²) in [5.41, 5.74) is 1.09. The van der Waals surface area contributed by atoms with Gasteiger partial charge in [0.1, 0.15) is 5.69 Å². The van der Waals surface area contributed by atoms with Gasteiger partial charge >= 0.3 is 0 Å². The van der Waals surface area contributed by atoms with E-state index in [-0.39, 0.29) is 5.91 Å². The van der Waals surface area contributed by atoms with Crippen LogP contribution in [0, 0.1) is 0 Å². The maximum Gasteiger partial charge on any atom is 0.276 e. The van der Waals surface area contributed by atoms with E-state index < -0.39 is 0 Å². The van der Waals surface area contributed by atoms with Crippen LogP contribution in [-0.4, -0.2) is 16.1 Å². The molecule has 2 N–H and O–H groups in total. The topological polar surface area (TPSA) is 57.8 Å². The minimum atomic E-state index is -0.233. The van der Waals surface area contributed by atoms with Crippen molar-refractivity contribution in [2.45, 2.75) is 4.90 Å². The van der Waals surface area contributed by atoms with Crippen molar-refractivity contribution in [1.82, 2.24) is 10.2 Å². The first kappa shape index (κ1) is 9.79. The molecule has 1 heterocycles. The molecule has 0 saturated heterocycles. The maximum absolute atomic E-state index is 11.5. The second kappa shape index (κ2) is 4.18. The normalized spacial score (nSPS) is 9.93. The molecule has 0 radical (unpaired) electrons. The van der Waals surface area contributed by atoms with Gasteiger partial charge in [-0.1, -0.05) is 0 Å². The molecule has 0 saturated carbocycles. The largest absolute Gasteiger partial charge is 0.321 e. The molecule has 0 bridgehead atoms. The molecule has 76 valence electrons. The van der Waals surface area contributed by atoms with Crippen LogP contribution in [0.2, 0.25) is 0 Å². The fourth-order valence-electron chi connectivity index (χ4n) is 1.13. The van der Waals surface area contributed by atoms with E-state index in [4.69, 9.17) is 0 Å². The molecule has 1 aromatic heterocycles. The number of carbonyl (C=O) groups is 1. The Kier molecular flexibility index (Phi) is 2.73. The van der Waals surface area contributed by atoms with Gasteiger partial charge in [-0.25, -0.2) is 0 Å². The van der Waals surface area contributed by atoms with E-state index in [0.717, 1.165) is 10.6 Å². The molecule has 1 aromatic carbocycles. The monoisotopic (exact) mass is 219 g/mol. The first-order valence-corrected chi connectivity index (χ1v) is 4.80. The van der Waals surface area contributed by atoms with Crippen molar-refractivity contribution < 1.29 is 4.79 Å². The number of hydrogen-bond donors (Lipinski definition) is 3. The van der Waals surface area contributed by atoms with Crippen molar-refractivity contribution in [3.05, 3.63) is 42.2 Å². The number of aromatic amines is 1. The molecule has 0 fully saturated rings. The number of anilines is 1. The van der Waals surface area contributed by atoms with Crippen LogP contribution in [0.4, 0.5) is 5.69 Å². The van der Waals surface area contributed by atoms with Gasteiger partial charge in [0, 0.05) is 16.8 Å². The molecule has 0 spiro atoms. The lowest BCUT2D eigenvalue weighted by atomic mass is 10.3. The lowest BCUT2D eigenvalue weighted by molar-refractivity contribution is 0.102. The van der Waals surface area contributed by atoms with Crippen LogP contribution in [0.5, 0.6) is 0 Å². The van der Waals surface area contributed by atoms with Crippen LogP contribution >= 0.6 is 12.6 Å². The Labute approximate surface area is 92.1 Å². The number of amides is 1. The van der Waals surface area contributed by atoms with Crippen LogP contribution in [-0.2, 0) is 0 Å². The molecule has 5 heteroatoms. The van der Waals surface area contributed by atoms with Crippen LogP contribution in [0.15, 0.2) is 41.4 Å². The number of H-pyrrole nitrogens is 1. The summed E-state index contributed by atoms with van der Waals surface area (Å²) in [7, 11) is 0. The highest BCUT2D eigenvalue weighted by atomic mass is 32.1. The Morgan fingerprint density at radius 3 is 2.60 bits per heavy atom. The van der Waals surface area contributed by atoms with Crippen molar-refractivity contribution in [1.29, 1.82) is 0 Å². The number of aromatic nitrogens is 2. The smallest absolute Gasteiger partial charge is 0.276 e. The summed E-state index contributed by atoms with van der Waals surface area (Å²) in [4.78, 5) is 12.4. The van der Waals surface area contributed by atoms with Gasteiger partial charge < -0.3 is 5.32 Å². The van der Waals surface area contributed by atoms with Crippen LogP contribution < -0.4 is 5.32 Å². The third kappa shape index (κ3) is 2.38. The van der Waals surface area contributed by atoms with Gasteiger partial charge in [0.15, 0.2) is 0 Å². The predicted octanol–water partition coefficient (Wildman–Crippen LogP) is 1.95. The zero-order chi connectivity index (χ0) is 10.7. The first-order valence-electron chi connectivity index (χ1n) is 4.36. The van der Waals surface area contributed by atoms with Crippen molar-refractivity contribution in [2.24, 2.45) is 0 Å². The number of nitrogens with zero attached hydrogens (tertiary/aromatic N) is 1. The summed E-state index contributed by atoms with van der Waals surface area (Å²) in [5, 5.41) is 9.08. The number of hydrogen-bond acceptors (Lipinski definition) is 3. The number of benzene rings is 1. The third-order valence-corrected chi connectivity index (χ3v) is 2.16. The molecule has 0 aliphatic rings. The average Bonchev–Trinajstić information content (AvgIpc) is 2.74. The highest BCUT2D eigenvalue weighted by Gasteiger charge is 2.06. The second-order valence-electron chi connectivity index (χ2n) is 2.96. The Bertz CT molecular complexity index is 450. The van der Waals surface area contributed by atoms with Crippen LogP contribution in [0.3, 0.4) is 0 Å². The van der Waals surface area contributed by atoms with Gasteiger partial charge in [-0.2, -0.15) is 5.10 Å². The van der Waals surface area contributed by atoms with Gasteiger partial charge in [-0.3, -0.25) is 9.89 Å². The minimum absolute atomic E-state index is 0.233. The summed E-state index contributed by atoms with van der Waals surface area (Å²) in [6.45, 7) is 0. The fraction of sp³-hybridized carbons (Fsp3) is 0. The number of thiol groups is 1. The molecule has 1 amide bonds. The quantitative estimate of drug-likeness (QED) is 0.676. The van der Waals surface area contributed by atoms with Crippen molar-refractivity contribution in [3.8, 4) is 0 Å². The molecule has 0 aliphatic carbocycles. The Hall–Kier alpha value is -1.75. The van der Waals surface area contributed by atoms with E-state index in [1.165, 1.54) is 0 Å². The van der Waals surface area contributed by atoms with E-state index >= 15 is 0 Å². The molecule has 4 nitrogen and oxygen atoms in total. The Morgan fingerprint density at radius 1 is 1.27 bits per heavy atom. The molecule has 0 unspecified atom stereocenters. The minimum Gasteiger partial charge on any atom is -0.321 e. The zero-order valence-corrected chi connectivity index (χ0v) is 8.66. The highest BCUT2D eigenvalue weighted by molar-refractivity contribution is 7.80. The molecule has 0 atom stereocenters. The zero-order valence-electron chi connectivity index (χ0n) is 7.77. The lowest BCUT2D eigenvalue weighted by Gasteiger charge is -2.02. The molecular weight excluding hydrogens is 210 g/mol. The predicted molar refractivity (Wildman–Crippen MR) is 60.2 cm³/mol. The van der Waals surface area contributed by atoms with E-state index in [1.54, 1.807) is 24.4 Å². The molecule has 15 heavy (non-hydrogen) atoms. The van der Waals surface area contributed by atoms with Gasteiger partial charge in [0.25, 0.3) is 5.91 Å². The summed E-state index contributed by atoms with van der Waals surface area (Å²) < 4.78 is 0. The molecular formula is C10H9N3OS. The highest BCUT2D eigenvalue weighted by Crippen LogP contribution is 2.12. The van der Waals surface area contributed by atoms with Gasteiger partial charge in [-0.15, -0.1) is 12.6 Å². The second-order valence-corrected chi connectivity index (χ2v) is 3.48. The van der Waals surface area contributed by atoms with Gasteiger partial charge in [0.05, 0.1) is 0 Å². The molecule has 2 rings (SSSR count). The van der Waals surface area contributed by atoms with E-state index in [1.807, 2.05) is 12.1 Å². The maximum atomic E-state index is 11.5. The van der Waals surface area contributed by atoms with E-state index in [0.29, 0.717) is 5.69 Å². The van der Waals surface area contributed by atoms with Crippen LogP contribution in [0.1, 0.15) is 10.5 Å². The van der Waals surface area contributed by atoms with E-state index in [2.05, 4.69) is 28.1 Å². The van der Waals surface area contributed by atoms with Crippen molar-refractivity contribution in [3.63, 3.8) is 0 Å². The van der Waals surface area contributed by atoms with Crippen LogP contribution in [0.25, 0.3) is 0 Å². The number of carbonyl (C=O) groups excluding carboxylic acids is 1. The average molecular weight is 219 g/mol. The summed E-state index contributed by atoms with van der Waals surface area (Å²) >= 11 is 4.15. The lowest BCUT2D eigenvalue weighted by Crippen LogP contribution is -2.12. The van der Waals surface area contributed by atoms with Gasteiger partial charge in [0.2, 0.25) is 0 Å². The molecule has 2 aromatic rings. The standard InChI is InChI=1S/C10H9N3OS/c14-10(9-5-6-11-13-9)12-7-1-3-8(15)4-2-7/h1-6,15H,(H,11,13)(H,12,14). The summed E-state index contributed by atoms with van der Waals surface area (Å²) in [6, 6.07) is 8.80. The van der Waals surface area contributed by atoms with E-state index in [9.17, 15) is 4.79 Å². The van der Waals surface area contributed by atoms with Gasteiger partial charge in [-0.05, 0) is 30.3 Å². The molecule has 0 aliphatic heterocycles. The SMILES string of the molecule is O=C(Nc1ccc(S)cc1)c1cc[nH]n1.